The average Bonchev–Trinajstić information content (AvgIpc) is 1.96. The van der Waals surface area contributed by atoms with Crippen LogP contribution in [0.15, 0.2) is 9.59 Å². The van der Waals surface area contributed by atoms with Gasteiger partial charge in [-0.1, -0.05) is 0 Å². The van der Waals surface area contributed by atoms with Crippen molar-refractivity contribution in [3.63, 3.8) is 0 Å². The third kappa shape index (κ3) is 0.894. The Morgan fingerprint density at radius 2 is 1.91 bits per heavy atom. The van der Waals surface area contributed by atoms with E-state index in [2.05, 4.69) is 4.74 Å². The molecule has 0 heterocycles. The monoisotopic (exact) mass is 157 g/mol. The van der Waals surface area contributed by atoms with E-state index in [1.54, 1.807) is 0 Å². The maximum absolute atomic E-state index is 10.7. The fourth-order valence-corrected chi connectivity index (χ4v) is 0.842. The van der Waals surface area contributed by atoms with Gasteiger partial charge in [-0.15, -0.1) is 0 Å². The summed E-state index contributed by atoms with van der Waals surface area (Å²) in [6.07, 6.45) is 0. The third-order valence-corrected chi connectivity index (χ3v) is 1.37. The van der Waals surface area contributed by atoms with E-state index in [1.807, 2.05) is 0 Å². The van der Waals surface area contributed by atoms with Crippen LogP contribution in [0.4, 0.5) is 5.69 Å². The molecule has 0 saturated heterocycles. The van der Waals surface area contributed by atoms with Crippen LogP contribution in [-0.4, -0.2) is 19.4 Å². The van der Waals surface area contributed by atoms with Gasteiger partial charge < -0.3 is 4.74 Å². The van der Waals surface area contributed by atoms with Crippen molar-refractivity contribution in [1.29, 1.82) is 0 Å². The Kier molecular flexibility index (Phi) is 1.66. The molecule has 0 aliphatic carbocycles. The number of nitrogens with zero attached hydrogens (tertiary/aromatic N) is 1. The smallest absolute Gasteiger partial charge is 0.272 e. The quantitative estimate of drug-likeness (QED) is 0.446. The highest BCUT2D eigenvalue weighted by atomic mass is 16.5. The SMILES string of the molecule is COc1c(N(C)O)c(=O)c1=O. The molecular formula is C6H7NO4. The van der Waals surface area contributed by atoms with Crippen LogP contribution >= 0.6 is 0 Å². The largest absolute Gasteiger partial charge is 0.490 e. The Balaban J connectivity index is 3.19. The second-order valence-electron chi connectivity index (χ2n) is 2.06. The van der Waals surface area contributed by atoms with E-state index in [0.717, 1.165) is 0 Å². The summed E-state index contributed by atoms with van der Waals surface area (Å²) in [5.41, 5.74) is -1.49. The first-order valence-electron chi connectivity index (χ1n) is 2.89. The molecule has 0 bridgehead atoms. The molecule has 0 aromatic heterocycles. The number of rotatable bonds is 2. The summed E-state index contributed by atoms with van der Waals surface area (Å²) < 4.78 is 4.55. The Hall–Kier alpha value is -1.36. The van der Waals surface area contributed by atoms with Crippen molar-refractivity contribution in [2.24, 2.45) is 0 Å². The van der Waals surface area contributed by atoms with Gasteiger partial charge in [0.2, 0.25) is 5.75 Å². The van der Waals surface area contributed by atoms with Gasteiger partial charge in [0.15, 0.2) is 5.69 Å². The van der Waals surface area contributed by atoms with Crippen LogP contribution in [0.25, 0.3) is 0 Å². The zero-order valence-corrected chi connectivity index (χ0v) is 6.12. The lowest BCUT2D eigenvalue weighted by molar-refractivity contribution is 0.270. The summed E-state index contributed by atoms with van der Waals surface area (Å²) in [7, 11) is 2.52. The van der Waals surface area contributed by atoms with E-state index in [9.17, 15) is 9.59 Å². The first kappa shape index (κ1) is 7.74. The minimum Gasteiger partial charge on any atom is -0.490 e. The van der Waals surface area contributed by atoms with Crippen LogP contribution in [0.5, 0.6) is 5.75 Å². The first-order chi connectivity index (χ1) is 5.09. The van der Waals surface area contributed by atoms with Crippen LogP contribution in [0, 0.1) is 0 Å². The van der Waals surface area contributed by atoms with Crippen LogP contribution in [0.3, 0.4) is 0 Å². The van der Waals surface area contributed by atoms with Gasteiger partial charge in [0, 0.05) is 7.05 Å². The molecule has 0 atom stereocenters. The summed E-state index contributed by atoms with van der Waals surface area (Å²) in [5, 5.41) is 9.36. The summed E-state index contributed by atoms with van der Waals surface area (Å²) in [4.78, 5) is 21.3. The molecule has 11 heavy (non-hydrogen) atoms. The second-order valence-corrected chi connectivity index (χ2v) is 2.06. The van der Waals surface area contributed by atoms with Crippen LogP contribution in [0.1, 0.15) is 0 Å². The molecule has 5 nitrogen and oxygen atoms in total. The molecule has 1 N–H and O–H groups in total. The van der Waals surface area contributed by atoms with E-state index in [4.69, 9.17) is 5.21 Å². The second kappa shape index (κ2) is 2.35. The summed E-state index contributed by atoms with van der Waals surface area (Å²) in [6, 6.07) is 0. The van der Waals surface area contributed by atoms with Crippen molar-refractivity contribution in [3.8, 4) is 5.75 Å². The normalized spacial score (nSPS) is 10.1. The summed E-state index contributed by atoms with van der Waals surface area (Å²) >= 11 is 0. The molecule has 5 heteroatoms. The fraction of sp³-hybridized carbons (Fsp3) is 0.333. The molecule has 0 aliphatic rings. The molecule has 0 spiro atoms. The molecule has 0 fully saturated rings. The van der Waals surface area contributed by atoms with Gasteiger partial charge in [0.25, 0.3) is 10.9 Å². The maximum Gasteiger partial charge on any atom is 0.272 e. The van der Waals surface area contributed by atoms with E-state index in [-0.39, 0.29) is 11.4 Å². The molecule has 1 aromatic rings. The van der Waals surface area contributed by atoms with E-state index in [0.29, 0.717) is 5.06 Å². The highest BCUT2D eigenvalue weighted by Crippen LogP contribution is 2.18. The number of hydrogen-bond acceptors (Lipinski definition) is 5. The maximum atomic E-state index is 10.7. The van der Waals surface area contributed by atoms with Gasteiger partial charge in [-0.2, -0.15) is 0 Å². The standard InChI is InChI=1S/C6H7NO4/c1-7(10)3-4(8)5(9)6(3)11-2/h10H,1-2H3. The number of ether oxygens (including phenoxy) is 1. The fourth-order valence-electron chi connectivity index (χ4n) is 0.842. The number of anilines is 1. The van der Waals surface area contributed by atoms with Gasteiger partial charge in [-0.3, -0.25) is 19.9 Å². The molecule has 1 aromatic carbocycles. The average molecular weight is 157 g/mol. The zero-order valence-electron chi connectivity index (χ0n) is 6.12. The molecule has 0 radical (unpaired) electrons. The lowest BCUT2D eigenvalue weighted by atomic mass is 10.2. The summed E-state index contributed by atoms with van der Waals surface area (Å²) in [5.74, 6) is -0.0833. The minimum absolute atomic E-state index is 0.0833. The van der Waals surface area contributed by atoms with Crippen LogP contribution in [0.2, 0.25) is 0 Å². The Morgan fingerprint density at radius 3 is 2.18 bits per heavy atom. The van der Waals surface area contributed by atoms with Gasteiger partial charge in [-0.05, 0) is 0 Å². The molecule has 1 rings (SSSR count). The predicted octanol–water partition coefficient (Wildman–Crippen LogP) is -0.883. The van der Waals surface area contributed by atoms with Crippen molar-refractivity contribution in [2.75, 3.05) is 19.2 Å². The number of methoxy groups -OCH3 is 1. The molecule has 0 unspecified atom stereocenters. The Morgan fingerprint density at radius 1 is 1.36 bits per heavy atom. The van der Waals surface area contributed by atoms with Crippen LogP contribution in [-0.2, 0) is 0 Å². The van der Waals surface area contributed by atoms with Crippen molar-refractivity contribution in [3.05, 3.63) is 20.4 Å². The lowest BCUT2D eigenvalue weighted by Gasteiger charge is -2.14. The van der Waals surface area contributed by atoms with E-state index >= 15 is 0 Å². The first-order valence-corrected chi connectivity index (χ1v) is 2.89. The molecule has 0 saturated carbocycles. The third-order valence-electron chi connectivity index (χ3n) is 1.37. The van der Waals surface area contributed by atoms with Crippen molar-refractivity contribution in [1.82, 2.24) is 0 Å². The van der Waals surface area contributed by atoms with Gasteiger partial charge in [0.05, 0.1) is 7.11 Å². The van der Waals surface area contributed by atoms with E-state index in [1.165, 1.54) is 14.2 Å². The van der Waals surface area contributed by atoms with Gasteiger partial charge in [-0.25, -0.2) is 0 Å². The number of hydrogen-bond donors (Lipinski definition) is 1. The Bertz CT molecular complexity index is 334. The predicted molar refractivity (Wildman–Crippen MR) is 38.1 cm³/mol. The van der Waals surface area contributed by atoms with Gasteiger partial charge >= 0.3 is 0 Å². The van der Waals surface area contributed by atoms with Crippen molar-refractivity contribution in [2.45, 2.75) is 0 Å². The van der Waals surface area contributed by atoms with Crippen LogP contribution < -0.4 is 20.7 Å². The highest BCUT2D eigenvalue weighted by molar-refractivity contribution is 5.61. The van der Waals surface area contributed by atoms with Crippen molar-refractivity contribution >= 4 is 5.69 Å². The van der Waals surface area contributed by atoms with Gasteiger partial charge in [0.1, 0.15) is 0 Å². The number of hydroxylamine groups is 1. The molecule has 0 amide bonds. The molecule has 0 aliphatic heterocycles. The molecular weight excluding hydrogens is 150 g/mol. The highest BCUT2D eigenvalue weighted by Gasteiger charge is 2.23. The van der Waals surface area contributed by atoms with E-state index < -0.39 is 10.9 Å². The minimum atomic E-state index is -0.716. The topological polar surface area (TPSA) is 66.8 Å². The Labute approximate surface area is 62.1 Å². The zero-order chi connectivity index (χ0) is 8.59. The van der Waals surface area contributed by atoms with Crippen molar-refractivity contribution < 1.29 is 9.94 Å². The summed E-state index contributed by atoms with van der Waals surface area (Å²) in [6.45, 7) is 0. The molecule has 60 valence electrons. The lowest BCUT2D eigenvalue weighted by Crippen LogP contribution is -2.38.